The maximum Gasteiger partial charge on any atom is 0.230 e. The molecule has 0 saturated heterocycles. The van der Waals surface area contributed by atoms with Crippen molar-refractivity contribution in [3.63, 3.8) is 0 Å². The van der Waals surface area contributed by atoms with Crippen LogP contribution in [0, 0.1) is 6.92 Å². The highest BCUT2D eigenvalue weighted by atomic mass is 32.2. The van der Waals surface area contributed by atoms with Crippen LogP contribution >= 0.6 is 11.8 Å². The summed E-state index contributed by atoms with van der Waals surface area (Å²) in [5, 5.41) is 13.7. The molecule has 2 aromatic heterocycles. The van der Waals surface area contributed by atoms with Gasteiger partial charge < -0.3 is 5.32 Å². The van der Waals surface area contributed by atoms with Crippen LogP contribution < -0.4 is 5.32 Å². The number of hydrogen-bond donors (Lipinski definition) is 1. The quantitative estimate of drug-likeness (QED) is 0.740. The summed E-state index contributed by atoms with van der Waals surface area (Å²) in [6, 6.07) is 10.7. The van der Waals surface area contributed by atoms with E-state index in [4.69, 9.17) is 0 Å². The minimum Gasteiger partial charge on any atom is -0.353 e. The van der Waals surface area contributed by atoms with E-state index in [0.29, 0.717) is 11.8 Å². The number of carbonyl (C=O) groups is 1. The van der Waals surface area contributed by atoms with E-state index in [9.17, 15) is 4.79 Å². The number of carbonyl (C=O) groups excluding carboxylic acids is 1. The van der Waals surface area contributed by atoms with Gasteiger partial charge in [0.05, 0.1) is 11.3 Å². The van der Waals surface area contributed by atoms with Gasteiger partial charge in [-0.2, -0.15) is 0 Å². The van der Waals surface area contributed by atoms with Crippen molar-refractivity contribution in [2.45, 2.75) is 43.8 Å². The number of aromatic nitrogens is 3. The summed E-state index contributed by atoms with van der Waals surface area (Å²) >= 11 is 1.45. The Morgan fingerprint density at radius 3 is 2.92 bits per heavy atom. The fourth-order valence-corrected chi connectivity index (χ4v) is 4.17. The number of para-hydroxylation sites is 1. The molecule has 1 N–H and O–H groups in total. The van der Waals surface area contributed by atoms with E-state index in [-0.39, 0.29) is 5.91 Å². The van der Waals surface area contributed by atoms with Crippen LogP contribution in [0.5, 0.6) is 0 Å². The molecule has 0 aliphatic heterocycles. The molecule has 5 nitrogen and oxygen atoms in total. The van der Waals surface area contributed by atoms with Gasteiger partial charge in [0.2, 0.25) is 5.91 Å². The van der Waals surface area contributed by atoms with Crippen molar-refractivity contribution in [1.29, 1.82) is 0 Å². The average molecular weight is 340 g/mol. The SMILES string of the molecule is Cc1cc2ccccc2n2c(SCC(=O)NC3CCCC3)nnc12. The molecule has 0 bridgehead atoms. The smallest absolute Gasteiger partial charge is 0.230 e. The zero-order chi connectivity index (χ0) is 16.5. The highest BCUT2D eigenvalue weighted by molar-refractivity contribution is 7.99. The Labute approximate surface area is 144 Å². The standard InChI is InChI=1S/C18H20N4OS/c1-12-10-13-6-2-5-9-15(13)22-17(12)20-21-18(22)24-11-16(23)19-14-7-3-4-8-14/h2,5-6,9-10,14H,3-4,7-8,11H2,1H3,(H,19,23). The molecule has 1 aliphatic rings. The predicted octanol–water partition coefficient (Wildman–Crippen LogP) is 3.34. The molecule has 4 rings (SSSR count). The third-order valence-electron chi connectivity index (χ3n) is 4.59. The monoisotopic (exact) mass is 340 g/mol. The lowest BCUT2D eigenvalue weighted by atomic mass is 10.1. The van der Waals surface area contributed by atoms with Crippen molar-refractivity contribution in [1.82, 2.24) is 19.9 Å². The summed E-state index contributed by atoms with van der Waals surface area (Å²) in [4.78, 5) is 12.2. The molecule has 24 heavy (non-hydrogen) atoms. The average Bonchev–Trinajstić information content (AvgIpc) is 3.23. The predicted molar refractivity (Wildman–Crippen MR) is 96.4 cm³/mol. The number of aryl methyl sites for hydroxylation is 1. The van der Waals surface area contributed by atoms with Crippen LogP contribution in [-0.4, -0.2) is 32.3 Å². The van der Waals surface area contributed by atoms with Crippen LogP contribution in [-0.2, 0) is 4.79 Å². The van der Waals surface area contributed by atoms with Crippen molar-refractivity contribution >= 4 is 34.2 Å². The first-order valence-electron chi connectivity index (χ1n) is 8.38. The van der Waals surface area contributed by atoms with Crippen molar-refractivity contribution in [2.24, 2.45) is 0 Å². The third kappa shape index (κ3) is 2.86. The molecule has 0 spiro atoms. The van der Waals surface area contributed by atoms with E-state index in [2.05, 4.69) is 38.1 Å². The number of rotatable bonds is 4. The van der Waals surface area contributed by atoms with E-state index in [0.717, 1.165) is 40.1 Å². The molecule has 1 saturated carbocycles. The molecule has 124 valence electrons. The Morgan fingerprint density at radius 1 is 1.29 bits per heavy atom. The first kappa shape index (κ1) is 15.4. The van der Waals surface area contributed by atoms with Gasteiger partial charge in [-0.25, -0.2) is 0 Å². The van der Waals surface area contributed by atoms with Crippen LogP contribution in [0.25, 0.3) is 16.6 Å². The summed E-state index contributed by atoms with van der Waals surface area (Å²) in [5.41, 5.74) is 3.01. The number of benzene rings is 1. The van der Waals surface area contributed by atoms with Crippen LogP contribution in [0.4, 0.5) is 0 Å². The second-order valence-electron chi connectivity index (χ2n) is 6.37. The minimum absolute atomic E-state index is 0.0839. The number of hydrogen-bond acceptors (Lipinski definition) is 4. The summed E-state index contributed by atoms with van der Waals surface area (Å²) in [5.74, 6) is 0.458. The number of nitrogens with zero attached hydrogens (tertiary/aromatic N) is 3. The van der Waals surface area contributed by atoms with Crippen LogP contribution in [0.15, 0.2) is 35.5 Å². The molecule has 1 aromatic carbocycles. The zero-order valence-electron chi connectivity index (χ0n) is 13.7. The van der Waals surface area contributed by atoms with Gasteiger partial charge in [-0.15, -0.1) is 10.2 Å². The Kier molecular flexibility index (Phi) is 4.14. The van der Waals surface area contributed by atoms with E-state index < -0.39 is 0 Å². The van der Waals surface area contributed by atoms with Crippen molar-refractivity contribution in [3.05, 3.63) is 35.9 Å². The lowest BCUT2D eigenvalue weighted by Gasteiger charge is -2.11. The van der Waals surface area contributed by atoms with Gasteiger partial charge in [0.15, 0.2) is 10.8 Å². The van der Waals surface area contributed by atoms with Crippen LogP contribution in [0.3, 0.4) is 0 Å². The molecule has 1 aliphatic carbocycles. The second kappa shape index (κ2) is 6.43. The highest BCUT2D eigenvalue weighted by Gasteiger charge is 2.18. The van der Waals surface area contributed by atoms with Crippen molar-refractivity contribution < 1.29 is 4.79 Å². The zero-order valence-corrected chi connectivity index (χ0v) is 14.5. The Hall–Kier alpha value is -2.08. The number of nitrogens with one attached hydrogen (secondary N) is 1. The third-order valence-corrected chi connectivity index (χ3v) is 5.52. The molecule has 0 unspecified atom stereocenters. The van der Waals surface area contributed by atoms with Crippen molar-refractivity contribution in [3.8, 4) is 0 Å². The van der Waals surface area contributed by atoms with E-state index in [1.165, 1.54) is 24.6 Å². The normalized spacial score (nSPS) is 15.4. The lowest BCUT2D eigenvalue weighted by molar-refractivity contribution is -0.119. The molecule has 6 heteroatoms. The maximum atomic E-state index is 12.2. The van der Waals surface area contributed by atoms with Crippen molar-refractivity contribution in [2.75, 3.05) is 5.75 Å². The van der Waals surface area contributed by atoms with Gasteiger partial charge in [-0.05, 0) is 42.8 Å². The van der Waals surface area contributed by atoms with Gasteiger partial charge in [-0.3, -0.25) is 9.20 Å². The molecule has 1 amide bonds. The van der Waals surface area contributed by atoms with Gasteiger partial charge in [-0.1, -0.05) is 42.8 Å². The lowest BCUT2D eigenvalue weighted by Crippen LogP contribution is -2.33. The molecule has 0 radical (unpaired) electrons. The number of thioether (sulfide) groups is 1. The molecule has 0 atom stereocenters. The molecular formula is C18H20N4OS. The topological polar surface area (TPSA) is 59.3 Å². The largest absolute Gasteiger partial charge is 0.353 e. The Balaban J connectivity index is 1.59. The fraction of sp³-hybridized carbons (Fsp3) is 0.389. The number of fused-ring (bicyclic) bond motifs is 3. The van der Waals surface area contributed by atoms with Gasteiger partial charge >= 0.3 is 0 Å². The Bertz CT molecular complexity index is 899. The van der Waals surface area contributed by atoms with Crippen LogP contribution in [0.2, 0.25) is 0 Å². The summed E-state index contributed by atoms with van der Waals surface area (Å²) in [7, 11) is 0. The van der Waals surface area contributed by atoms with E-state index in [1.54, 1.807) is 0 Å². The molecule has 2 heterocycles. The Morgan fingerprint density at radius 2 is 2.08 bits per heavy atom. The van der Waals surface area contributed by atoms with Crippen LogP contribution in [0.1, 0.15) is 31.2 Å². The first-order chi connectivity index (χ1) is 11.7. The number of amides is 1. The maximum absolute atomic E-state index is 12.2. The summed E-state index contributed by atoms with van der Waals surface area (Å²) in [6.07, 6.45) is 4.65. The molecule has 1 fully saturated rings. The number of pyridine rings is 1. The second-order valence-corrected chi connectivity index (χ2v) is 7.31. The van der Waals surface area contributed by atoms with E-state index in [1.807, 2.05) is 19.1 Å². The first-order valence-corrected chi connectivity index (χ1v) is 9.36. The van der Waals surface area contributed by atoms with Gasteiger partial charge in [0, 0.05) is 6.04 Å². The molecule has 3 aromatic rings. The highest BCUT2D eigenvalue weighted by Crippen LogP contribution is 2.25. The van der Waals surface area contributed by atoms with E-state index >= 15 is 0 Å². The molecular weight excluding hydrogens is 320 g/mol. The minimum atomic E-state index is 0.0839. The van der Waals surface area contributed by atoms with Gasteiger partial charge in [0.1, 0.15) is 0 Å². The summed E-state index contributed by atoms with van der Waals surface area (Å²) in [6.45, 7) is 2.04. The fourth-order valence-electron chi connectivity index (χ4n) is 3.42. The van der Waals surface area contributed by atoms with Gasteiger partial charge in [0.25, 0.3) is 0 Å². The summed E-state index contributed by atoms with van der Waals surface area (Å²) < 4.78 is 2.05.